The lowest BCUT2D eigenvalue weighted by Gasteiger charge is -2.10. The second kappa shape index (κ2) is 10.6. The standard InChI is InChI=1S/C19H18Cl2O5/c1-2-24-19(22)18(26-15-6-4-3-5-7-15)13-23-10-11-25-17-12-14(20)8-9-16(17)21/h3-9,12-13H,2,10-11H2,1H3/b18-13-. The second-order valence-corrected chi connectivity index (χ2v) is 5.76. The molecule has 0 radical (unpaired) electrons. The fourth-order valence-corrected chi connectivity index (χ4v) is 2.19. The molecule has 0 atom stereocenters. The van der Waals surface area contributed by atoms with E-state index in [4.69, 9.17) is 42.1 Å². The summed E-state index contributed by atoms with van der Waals surface area (Å²) in [6.07, 6.45) is 1.20. The third-order valence-corrected chi connectivity index (χ3v) is 3.54. The van der Waals surface area contributed by atoms with Crippen LogP contribution in [-0.2, 0) is 14.3 Å². The highest BCUT2D eigenvalue weighted by Gasteiger charge is 2.14. The highest BCUT2D eigenvalue weighted by atomic mass is 35.5. The van der Waals surface area contributed by atoms with Crippen molar-refractivity contribution in [2.45, 2.75) is 6.92 Å². The van der Waals surface area contributed by atoms with Gasteiger partial charge in [0.2, 0.25) is 5.76 Å². The van der Waals surface area contributed by atoms with E-state index in [2.05, 4.69) is 0 Å². The van der Waals surface area contributed by atoms with Gasteiger partial charge in [-0.3, -0.25) is 0 Å². The van der Waals surface area contributed by atoms with Gasteiger partial charge in [0.1, 0.15) is 31.0 Å². The van der Waals surface area contributed by atoms with Crippen molar-refractivity contribution in [1.82, 2.24) is 0 Å². The molecule has 5 nitrogen and oxygen atoms in total. The van der Waals surface area contributed by atoms with E-state index < -0.39 is 5.97 Å². The van der Waals surface area contributed by atoms with Crippen LogP contribution in [0.15, 0.2) is 60.6 Å². The molecule has 0 amide bonds. The average molecular weight is 397 g/mol. The minimum atomic E-state index is -0.616. The first-order chi connectivity index (χ1) is 12.6. The Morgan fingerprint density at radius 1 is 1.08 bits per heavy atom. The molecule has 0 heterocycles. The van der Waals surface area contributed by atoms with E-state index in [1.807, 2.05) is 6.07 Å². The molecule has 0 aromatic heterocycles. The molecule has 2 aromatic carbocycles. The number of rotatable bonds is 9. The Kier molecular flexibility index (Phi) is 8.12. The molecule has 0 aliphatic rings. The molecule has 7 heteroatoms. The van der Waals surface area contributed by atoms with Gasteiger partial charge in [0.15, 0.2) is 0 Å². The quantitative estimate of drug-likeness (QED) is 0.262. The van der Waals surface area contributed by atoms with Gasteiger partial charge in [0, 0.05) is 11.1 Å². The molecule has 0 saturated carbocycles. The van der Waals surface area contributed by atoms with E-state index in [0.717, 1.165) is 0 Å². The zero-order valence-corrected chi connectivity index (χ0v) is 15.6. The van der Waals surface area contributed by atoms with Crippen LogP contribution in [0.5, 0.6) is 11.5 Å². The Bertz CT molecular complexity index is 747. The smallest absolute Gasteiger partial charge is 0.377 e. The Hall–Kier alpha value is -2.37. The molecule has 0 aliphatic heterocycles. The second-order valence-electron chi connectivity index (χ2n) is 4.91. The van der Waals surface area contributed by atoms with Crippen molar-refractivity contribution in [2.24, 2.45) is 0 Å². The SMILES string of the molecule is CCOC(=O)/C(=C/OCCOc1cc(Cl)ccc1Cl)Oc1ccccc1. The first-order valence-corrected chi connectivity index (χ1v) is 8.65. The van der Waals surface area contributed by atoms with Crippen molar-refractivity contribution >= 4 is 29.2 Å². The zero-order valence-electron chi connectivity index (χ0n) is 14.1. The highest BCUT2D eigenvalue weighted by Crippen LogP contribution is 2.27. The van der Waals surface area contributed by atoms with Crippen LogP contribution in [0.2, 0.25) is 10.0 Å². The molecule has 0 unspecified atom stereocenters. The predicted octanol–water partition coefficient (Wildman–Crippen LogP) is 4.87. The van der Waals surface area contributed by atoms with Crippen LogP contribution in [0.4, 0.5) is 0 Å². The Balaban J connectivity index is 1.90. The first-order valence-electron chi connectivity index (χ1n) is 7.89. The molecule has 0 saturated heterocycles. The molecule has 0 bridgehead atoms. The average Bonchev–Trinajstić information content (AvgIpc) is 2.64. The molecule has 2 rings (SSSR count). The van der Waals surface area contributed by atoms with Crippen LogP contribution < -0.4 is 9.47 Å². The molecular formula is C19H18Cl2O5. The fourth-order valence-electron chi connectivity index (χ4n) is 1.85. The Morgan fingerprint density at radius 3 is 2.58 bits per heavy atom. The lowest BCUT2D eigenvalue weighted by Crippen LogP contribution is -2.14. The van der Waals surface area contributed by atoms with Crippen LogP contribution in [0.3, 0.4) is 0 Å². The fraction of sp³-hybridized carbons (Fsp3) is 0.211. The van der Waals surface area contributed by atoms with Crippen molar-refractivity contribution < 1.29 is 23.7 Å². The molecule has 2 aromatic rings. The van der Waals surface area contributed by atoms with Crippen LogP contribution in [0.1, 0.15) is 6.92 Å². The lowest BCUT2D eigenvalue weighted by molar-refractivity contribution is -0.141. The maximum absolute atomic E-state index is 12.0. The van der Waals surface area contributed by atoms with Crippen molar-refractivity contribution in [3.63, 3.8) is 0 Å². The van der Waals surface area contributed by atoms with Gasteiger partial charge in [-0.2, -0.15) is 0 Å². The van der Waals surface area contributed by atoms with Gasteiger partial charge in [-0.15, -0.1) is 0 Å². The topological polar surface area (TPSA) is 54.0 Å². The summed E-state index contributed by atoms with van der Waals surface area (Å²) in [6.45, 7) is 2.31. The Morgan fingerprint density at radius 2 is 1.85 bits per heavy atom. The number of halogens is 2. The normalized spacial score (nSPS) is 11.0. The largest absolute Gasteiger partial charge is 0.493 e. The Labute approximate surface area is 162 Å². The van der Waals surface area contributed by atoms with E-state index >= 15 is 0 Å². The number of hydrogen-bond donors (Lipinski definition) is 0. The summed E-state index contributed by atoms with van der Waals surface area (Å²) < 4.78 is 21.3. The van der Waals surface area contributed by atoms with Gasteiger partial charge in [0.25, 0.3) is 0 Å². The summed E-state index contributed by atoms with van der Waals surface area (Å²) in [6, 6.07) is 13.8. The van der Waals surface area contributed by atoms with Crippen LogP contribution in [-0.4, -0.2) is 25.8 Å². The van der Waals surface area contributed by atoms with Gasteiger partial charge in [-0.1, -0.05) is 41.4 Å². The van der Waals surface area contributed by atoms with E-state index in [1.165, 1.54) is 6.26 Å². The summed E-state index contributed by atoms with van der Waals surface area (Å²) in [5.74, 6) is 0.282. The van der Waals surface area contributed by atoms with E-state index in [-0.39, 0.29) is 25.6 Å². The molecule has 26 heavy (non-hydrogen) atoms. The summed E-state index contributed by atoms with van der Waals surface area (Å²) in [5, 5.41) is 0.968. The number of benzene rings is 2. The molecule has 0 spiro atoms. The highest BCUT2D eigenvalue weighted by molar-refractivity contribution is 6.34. The summed E-state index contributed by atoms with van der Waals surface area (Å²) in [5.41, 5.74) is 0. The van der Waals surface area contributed by atoms with Gasteiger partial charge in [0.05, 0.1) is 11.6 Å². The van der Waals surface area contributed by atoms with Crippen LogP contribution >= 0.6 is 23.2 Å². The van der Waals surface area contributed by atoms with Crippen LogP contribution in [0, 0.1) is 0 Å². The monoisotopic (exact) mass is 396 g/mol. The van der Waals surface area contributed by atoms with Crippen molar-refractivity contribution in [2.75, 3.05) is 19.8 Å². The molecular weight excluding hydrogens is 379 g/mol. The van der Waals surface area contributed by atoms with E-state index in [9.17, 15) is 4.79 Å². The number of esters is 1. The third kappa shape index (κ3) is 6.50. The van der Waals surface area contributed by atoms with E-state index in [1.54, 1.807) is 49.4 Å². The lowest BCUT2D eigenvalue weighted by atomic mass is 10.3. The third-order valence-electron chi connectivity index (χ3n) is 2.99. The minimum absolute atomic E-state index is 0.0566. The van der Waals surface area contributed by atoms with Gasteiger partial charge in [-0.25, -0.2) is 4.79 Å². The number of ether oxygens (including phenoxy) is 4. The van der Waals surface area contributed by atoms with Crippen molar-refractivity contribution in [3.8, 4) is 11.5 Å². The van der Waals surface area contributed by atoms with E-state index in [0.29, 0.717) is 21.5 Å². The van der Waals surface area contributed by atoms with Crippen molar-refractivity contribution in [1.29, 1.82) is 0 Å². The maximum atomic E-state index is 12.0. The summed E-state index contributed by atoms with van der Waals surface area (Å²) in [4.78, 5) is 12.0. The number of hydrogen-bond acceptors (Lipinski definition) is 5. The number of carbonyl (C=O) groups is 1. The zero-order chi connectivity index (χ0) is 18.8. The number of para-hydroxylation sites is 1. The first kappa shape index (κ1) is 19.9. The summed E-state index contributed by atoms with van der Waals surface area (Å²) >= 11 is 11.9. The molecule has 0 N–H and O–H groups in total. The van der Waals surface area contributed by atoms with Gasteiger partial charge in [-0.05, 0) is 31.2 Å². The van der Waals surface area contributed by atoms with Gasteiger partial charge >= 0.3 is 5.97 Å². The molecule has 0 aliphatic carbocycles. The predicted molar refractivity (Wildman–Crippen MR) is 99.7 cm³/mol. The maximum Gasteiger partial charge on any atom is 0.377 e. The minimum Gasteiger partial charge on any atom is -0.493 e. The summed E-state index contributed by atoms with van der Waals surface area (Å²) in [7, 11) is 0. The molecule has 138 valence electrons. The van der Waals surface area contributed by atoms with Crippen molar-refractivity contribution in [3.05, 3.63) is 70.6 Å². The van der Waals surface area contributed by atoms with Gasteiger partial charge < -0.3 is 18.9 Å². The number of carbonyl (C=O) groups excluding carboxylic acids is 1. The molecule has 0 fully saturated rings. The van der Waals surface area contributed by atoms with Crippen LogP contribution in [0.25, 0.3) is 0 Å².